The smallest absolute Gasteiger partial charge is 0.229 e. The fourth-order valence-corrected chi connectivity index (χ4v) is 4.11. The minimum absolute atomic E-state index is 0.00586. The van der Waals surface area contributed by atoms with E-state index in [1.165, 1.54) is 11.3 Å². The molecule has 9 heteroatoms. The Kier molecular flexibility index (Phi) is 4.65. The average Bonchev–Trinajstić information content (AvgIpc) is 3.44. The summed E-state index contributed by atoms with van der Waals surface area (Å²) in [5.41, 5.74) is 1.69. The van der Waals surface area contributed by atoms with E-state index in [0.717, 1.165) is 43.1 Å². The van der Waals surface area contributed by atoms with Gasteiger partial charge in [-0.15, -0.1) is 26.6 Å². The van der Waals surface area contributed by atoms with E-state index in [1.54, 1.807) is 10.7 Å². The number of piperidine rings is 1. The highest BCUT2D eigenvalue weighted by atomic mass is 32.1. The molecule has 0 unspecified atom stereocenters. The molecule has 1 aliphatic heterocycles. The third kappa shape index (κ3) is 3.56. The number of anilines is 2. The summed E-state index contributed by atoms with van der Waals surface area (Å²) in [5, 5.41) is 18.7. The molecular weight excluding hydrogens is 386 g/mol. The van der Waals surface area contributed by atoms with E-state index in [1.807, 2.05) is 47.8 Å². The van der Waals surface area contributed by atoms with Crippen LogP contribution in [0.25, 0.3) is 17.0 Å². The quantitative estimate of drug-likeness (QED) is 0.561. The maximum absolute atomic E-state index is 12.5. The molecule has 0 saturated carbocycles. The summed E-state index contributed by atoms with van der Waals surface area (Å²) in [5.74, 6) is 1.63. The summed E-state index contributed by atoms with van der Waals surface area (Å²) in [4.78, 5) is 18.8. The van der Waals surface area contributed by atoms with Gasteiger partial charge in [0, 0.05) is 36.1 Å². The molecule has 4 aromatic rings. The second-order valence-corrected chi connectivity index (χ2v) is 7.83. The molecule has 1 aromatic carbocycles. The van der Waals surface area contributed by atoms with Crippen LogP contribution in [-0.4, -0.2) is 43.8 Å². The van der Waals surface area contributed by atoms with E-state index in [2.05, 4.69) is 25.4 Å². The van der Waals surface area contributed by atoms with Crippen molar-refractivity contribution in [3.8, 4) is 11.4 Å². The molecule has 1 amide bonds. The van der Waals surface area contributed by atoms with Crippen LogP contribution in [0.3, 0.4) is 0 Å². The van der Waals surface area contributed by atoms with Gasteiger partial charge in [0.15, 0.2) is 16.6 Å². The van der Waals surface area contributed by atoms with Crippen LogP contribution in [0.2, 0.25) is 0 Å². The van der Waals surface area contributed by atoms with E-state index in [4.69, 9.17) is 5.10 Å². The van der Waals surface area contributed by atoms with Gasteiger partial charge in [0.25, 0.3) is 0 Å². The average molecular weight is 405 g/mol. The second kappa shape index (κ2) is 7.59. The number of thiazole rings is 1. The predicted octanol–water partition coefficient (Wildman–Crippen LogP) is 3.10. The molecule has 0 aliphatic carbocycles. The van der Waals surface area contributed by atoms with Crippen molar-refractivity contribution in [3.05, 3.63) is 54.0 Å². The Labute approximate surface area is 171 Å². The van der Waals surface area contributed by atoms with Crippen molar-refractivity contribution in [2.75, 3.05) is 23.3 Å². The lowest BCUT2D eigenvalue weighted by Crippen LogP contribution is -2.38. The molecule has 4 heterocycles. The number of carbonyl (C=O) groups excluding carboxylic acids is 1. The van der Waals surface area contributed by atoms with Gasteiger partial charge in [-0.05, 0) is 25.0 Å². The molecule has 1 aliphatic rings. The number of amides is 1. The topological polar surface area (TPSA) is 88.3 Å². The van der Waals surface area contributed by atoms with Crippen molar-refractivity contribution in [2.24, 2.45) is 5.92 Å². The standard InChI is InChI=1S/C20H19N7OS/c28-19(22-20-21-10-13-29-20)15-8-11-26(12-9-15)17-7-6-16-23-24-18(27(16)25-17)14-4-2-1-3-5-14/h1-7,10,13,15H,8-9,11-12H2,(H,21,22,28). The first-order chi connectivity index (χ1) is 14.3. The molecule has 5 rings (SSSR count). The van der Waals surface area contributed by atoms with Gasteiger partial charge in [-0.3, -0.25) is 4.79 Å². The molecule has 29 heavy (non-hydrogen) atoms. The fraction of sp³-hybridized carbons (Fsp3) is 0.250. The van der Waals surface area contributed by atoms with Gasteiger partial charge >= 0.3 is 0 Å². The molecule has 0 spiro atoms. The molecule has 146 valence electrons. The zero-order valence-corrected chi connectivity index (χ0v) is 16.4. The van der Waals surface area contributed by atoms with Gasteiger partial charge in [-0.2, -0.15) is 4.52 Å². The van der Waals surface area contributed by atoms with E-state index < -0.39 is 0 Å². The first-order valence-corrected chi connectivity index (χ1v) is 10.4. The molecular formula is C20H19N7OS. The summed E-state index contributed by atoms with van der Waals surface area (Å²) >= 11 is 1.44. The van der Waals surface area contributed by atoms with Crippen molar-refractivity contribution in [1.29, 1.82) is 0 Å². The minimum Gasteiger partial charge on any atom is -0.355 e. The number of fused-ring (bicyclic) bond motifs is 1. The van der Waals surface area contributed by atoms with Gasteiger partial charge < -0.3 is 10.2 Å². The Morgan fingerprint density at radius 2 is 1.90 bits per heavy atom. The fourth-order valence-electron chi connectivity index (χ4n) is 3.58. The summed E-state index contributed by atoms with van der Waals surface area (Å²) in [6.07, 6.45) is 3.26. The van der Waals surface area contributed by atoms with Gasteiger partial charge in [0.2, 0.25) is 5.91 Å². The molecule has 0 radical (unpaired) electrons. The molecule has 0 bridgehead atoms. The minimum atomic E-state index is -0.00586. The maximum Gasteiger partial charge on any atom is 0.229 e. The number of nitrogens with zero attached hydrogens (tertiary/aromatic N) is 6. The maximum atomic E-state index is 12.5. The zero-order valence-electron chi connectivity index (χ0n) is 15.6. The lowest BCUT2D eigenvalue weighted by atomic mass is 9.96. The summed E-state index contributed by atoms with van der Waals surface area (Å²) in [6.45, 7) is 1.55. The third-order valence-electron chi connectivity index (χ3n) is 5.13. The SMILES string of the molecule is O=C(Nc1nccs1)C1CCN(c2ccc3nnc(-c4ccccc4)n3n2)CC1. The van der Waals surface area contributed by atoms with Gasteiger partial charge in [0.05, 0.1) is 0 Å². The van der Waals surface area contributed by atoms with E-state index in [0.29, 0.717) is 10.8 Å². The van der Waals surface area contributed by atoms with Gasteiger partial charge in [-0.25, -0.2) is 4.98 Å². The molecule has 0 atom stereocenters. The first-order valence-electron chi connectivity index (χ1n) is 9.51. The number of nitrogens with one attached hydrogen (secondary N) is 1. The van der Waals surface area contributed by atoms with Crippen LogP contribution in [0.1, 0.15) is 12.8 Å². The van der Waals surface area contributed by atoms with Gasteiger partial charge in [0.1, 0.15) is 5.82 Å². The Morgan fingerprint density at radius 3 is 2.66 bits per heavy atom. The van der Waals surface area contributed by atoms with Crippen LogP contribution in [0.4, 0.5) is 10.9 Å². The normalized spacial score (nSPS) is 15.0. The van der Waals surface area contributed by atoms with Crippen LogP contribution in [-0.2, 0) is 4.79 Å². The number of rotatable bonds is 4. The Bertz CT molecular complexity index is 1120. The Balaban J connectivity index is 1.31. The van der Waals surface area contributed by atoms with E-state index in [-0.39, 0.29) is 11.8 Å². The van der Waals surface area contributed by atoms with Crippen molar-refractivity contribution in [1.82, 2.24) is 24.8 Å². The predicted molar refractivity (Wildman–Crippen MR) is 112 cm³/mol. The zero-order chi connectivity index (χ0) is 19.6. The summed E-state index contributed by atoms with van der Waals surface area (Å²) < 4.78 is 1.78. The number of hydrogen-bond acceptors (Lipinski definition) is 7. The second-order valence-electron chi connectivity index (χ2n) is 6.94. The monoisotopic (exact) mass is 405 g/mol. The van der Waals surface area contributed by atoms with Crippen LogP contribution < -0.4 is 10.2 Å². The third-order valence-corrected chi connectivity index (χ3v) is 5.82. The lowest BCUT2D eigenvalue weighted by Gasteiger charge is -2.31. The highest BCUT2D eigenvalue weighted by Crippen LogP contribution is 2.25. The molecule has 1 fully saturated rings. The van der Waals surface area contributed by atoms with Crippen molar-refractivity contribution in [2.45, 2.75) is 12.8 Å². The summed E-state index contributed by atoms with van der Waals surface area (Å²) in [6, 6.07) is 13.8. The van der Waals surface area contributed by atoms with E-state index in [9.17, 15) is 4.79 Å². The Morgan fingerprint density at radius 1 is 1.07 bits per heavy atom. The Hall–Kier alpha value is -3.33. The van der Waals surface area contributed by atoms with Gasteiger partial charge in [-0.1, -0.05) is 30.3 Å². The van der Waals surface area contributed by atoms with E-state index >= 15 is 0 Å². The van der Waals surface area contributed by atoms with Crippen LogP contribution >= 0.6 is 11.3 Å². The molecule has 8 nitrogen and oxygen atoms in total. The van der Waals surface area contributed by atoms with Crippen LogP contribution in [0.15, 0.2) is 54.0 Å². The highest BCUT2D eigenvalue weighted by Gasteiger charge is 2.26. The number of hydrogen-bond donors (Lipinski definition) is 1. The van der Waals surface area contributed by atoms with Crippen molar-refractivity contribution in [3.63, 3.8) is 0 Å². The van der Waals surface area contributed by atoms with Crippen molar-refractivity contribution < 1.29 is 4.79 Å². The lowest BCUT2D eigenvalue weighted by molar-refractivity contribution is -0.120. The van der Waals surface area contributed by atoms with Crippen LogP contribution in [0.5, 0.6) is 0 Å². The highest BCUT2D eigenvalue weighted by molar-refractivity contribution is 7.13. The molecule has 3 aromatic heterocycles. The first kappa shape index (κ1) is 17.7. The van der Waals surface area contributed by atoms with Crippen LogP contribution in [0, 0.1) is 5.92 Å². The number of aromatic nitrogens is 5. The van der Waals surface area contributed by atoms with Crippen molar-refractivity contribution >= 4 is 33.8 Å². The molecule has 1 N–H and O–H groups in total. The number of carbonyl (C=O) groups is 1. The largest absolute Gasteiger partial charge is 0.355 e. The molecule has 1 saturated heterocycles. The number of benzene rings is 1. The summed E-state index contributed by atoms with van der Waals surface area (Å²) in [7, 11) is 0.